The minimum atomic E-state index is -0.716. The highest BCUT2D eigenvalue weighted by Gasteiger charge is 2.15. The summed E-state index contributed by atoms with van der Waals surface area (Å²) in [6.45, 7) is 1.43. The zero-order chi connectivity index (χ0) is 16.8. The molecule has 1 heterocycles. The Morgan fingerprint density at radius 3 is 2.57 bits per heavy atom. The molecule has 0 saturated carbocycles. The molecule has 1 aromatic carbocycles. The van der Waals surface area contributed by atoms with E-state index in [0.717, 1.165) is 11.1 Å². The molecule has 3 amide bonds. The highest BCUT2D eigenvalue weighted by atomic mass is 32.1. The number of nitrogens with zero attached hydrogens (tertiary/aromatic N) is 1. The van der Waals surface area contributed by atoms with Crippen molar-refractivity contribution in [2.45, 2.75) is 6.92 Å². The van der Waals surface area contributed by atoms with Crippen molar-refractivity contribution in [1.29, 1.82) is 0 Å². The molecule has 120 valence electrons. The summed E-state index contributed by atoms with van der Waals surface area (Å²) in [6.07, 6.45) is 0. The lowest BCUT2D eigenvalue weighted by Crippen LogP contribution is -2.39. The topological polar surface area (TPSA) is 97.4 Å². The number of hydrogen-bond donors (Lipinski definition) is 2. The average molecular weight is 333 g/mol. The molecule has 0 aliphatic rings. The van der Waals surface area contributed by atoms with Gasteiger partial charge in [-0.25, -0.2) is 14.6 Å². The Bertz CT molecular complexity index is 725. The van der Waals surface area contributed by atoms with Gasteiger partial charge in [-0.1, -0.05) is 29.8 Å². The number of urea groups is 1. The van der Waals surface area contributed by atoms with Crippen LogP contribution in [0.3, 0.4) is 0 Å². The third-order valence-electron chi connectivity index (χ3n) is 2.83. The minimum Gasteiger partial charge on any atom is -0.451 e. The Hall–Kier alpha value is -2.74. The summed E-state index contributed by atoms with van der Waals surface area (Å²) in [6, 6.07) is 7.08. The van der Waals surface area contributed by atoms with Crippen LogP contribution < -0.4 is 10.6 Å². The average Bonchev–Trinajstić information content (AvgIpc) is 3.03. The fraction of sp³-hybridized carbons (Fsp3) is 0.200. The highest BCUT2D eigenvalue weighted by molar-refractivity contribution is 7.13. The van der Waals surface area contributed by atoms with Crippen LogP contribution in [-0.2, 0) is 9.53 Å². The zero-order valence-corrected chi connectivity index (χ0v) is 13.4. The van der Waals surface area contributed by atoms with Crippen LogP contribution in [0.1, 0.15) is 16.1 Å². The van der Waals surface area contributed by atoms with Gasteiger partial charge in [0.1, 0.15) is 5.01 Å². The molecular formula is C15H15N3O4S. The minimum absolute atomic E-state index is 0.123. The zero-order valence-electron chi connectivity index (χ0n) is 12.6. The second kappa shape index (κ2) is 7.50. The summed E-state index contributed by atoms with van der Waals surface area (Å²) in [5, 5.41) is 6.46. The molecule has 23 heavy (non-hydrogen) atoms. The maximum absolute atomic E-state index is 11.8. The molecule has 0 unspecified atom stereocenters. The Labute approximate surface area is 136 Å². The molecule has 0 aliphatic carbocycles. The summed E-state index contributed by atoms with van der Waals surface area (Å²) in [5.41, 5.74) is 2.15. The molecule has 1 aromatic heterocycles. The fourth-order valence-corrected chi connectivity index (χ4v) is 2.42. The molecule has 0 spiro atoms. The van der Waals surface area contributed by atoms with Crippen molar-refractivity contribution in [3.05, 3.63) is 40.9 Å². The Balaban J connectivity index is 1.95. The van der Waals surface area contributed by atoms with Crippen molar-refractivity contribution in [3.8, 4) is 10.6 Å². The molecule has 2 N–H and O–H groups in total. The van der Waals surface area contributed by atoms with Crippen LogP contribution in [0.25, 0.3) is 10.6 Å². The summed E-state index contributed by atoms with van der Waals surface area (Å²) in [5.74, 6) is -1.43. The molecule has 0 fully saturated rings. The number of esters is 1. The molecule has 7 nitrogen and oxygen atoms in total. The molecule has 0 atom stereocenters. The van der Waals surface area contributed by atoms with Crippen LogP contribution in [0.4, 0.5) is 4.79 Å². The van der Waals surface area contributed by atoms with Gasteiger partial charge in [0, 0.05) is 18.0 Å². The molecule has 8 heteroatoms. The number of aryl methyl sites for hydroxylation is 1. The summed E-state index contributed by atoms with van der Waals surface area (Å²) < 4.78 is 4.82. The first kappa shape index (κ1) is 16.6. The van der Waals surface area contributed by atoms with Crippen LogP contribution in [0.15, 0.2) is 29.6 Å². The van der Waals surface area contributed by atoms with E-state index in [2.05, 4.69) is 10.3 Å². The summed E-state index contributed by atoms with van der Waals surface area (Å²) in [7, 11) is 1.37. The highest BCUT2D eigenvalue weighted by Crippen LogP contribution is 2.24. The Morgan fingerprint density at radius 2 is 1.91 bits per heavy atom. The number of hydrogen-bond acceptors (Lipinski definition) is 6. The van der Waals surface area contributed by atoms with Crippen molar-refractivity contribution in [2.75, 3.05) is 13.7 Å². The third kappa shape index (κ3) is 4.62. The third-order valence-corrected chi connectivity index (χ3v) is 3.72. The lowest BCUT2D eigenvalue weighted by molar-refractivity contribution is -0.123. The number of thiazole rings is 1. The van der Waals surface area contributed by atoms with E-state index in [-0.39, 0.29) is 5.69 Å². The predicted octanol–water partition coefficient (Wildman–Crippen LogP) is 1.73. The first-order chi connectivity index (χ1) is 11.0. The predicted molar refractivity (Wildman–Crippen MR) is 85.2 cm³/mol. The van der Waals surface area contributed by atoms with Crippen LogP contribution in [0, 0.1) is 6.92 Å². The van der Waals surface area contributed by atoms with Gasteiger partial charge in [-0.3, -0.25) is 10.1 Å². The van der Waals surface area contributed by atoms with E-state index in [1.807, 2.05) is 36.5 Å². The number of imide groups is 1. The van der Waals surface area contributed by atoms with Crippen LogP contribution in [0.5, 0.6) is 0 Å². The standard InChI is InChI=1S/C15H15N3O4S/c1-9-3-5-10(6-4-9)13-17-11(8-23-13)14(20)22-7-12(19)18-15(21)16-2/h3-6,8H,7H2,1-2H3,(H2,16,18,19,21). The lowest BCUT2D eigenvalue weighted by Gasteiger charge is -2.03. The Morgan fingerprint density at radius 1 is 1.22 bits per heavy atom. The van der Waals surface area contributed by atoms with E-state index >= 15 is 0 Å². The van der Waals surface area contributed by atoms with Crippen molar-refractivity contribution in [1.82, 2.24) is 15.6 Å². The van der Waals surface area contributed by atoms with Gasteiger partial charge in [-0.2, -0.15) is 0 Å². The van der Waals surface area contributed by atoms with Crippen molar-refractivity contribution < 1.29 is 19.1 Å². The van der Waals surface area contributed by atoms with E-state index in [0.29, 0.717) is 5.01 Å². The van der Waals surface area contributed by atoms with Crippen molar-refractivity contribution >= 4 is 29.2 Å². The molecule has 0 radical (unpaired) electrons. The molecule has 0 aliphatic heterocycles. The largest absolute Gasteiger partial charge is 0.451 e. The van der Waals surface area contributed by atoms with E-state index in [9.17, 15) is 14.4 Å². The molecular weight excluding hydrogens is 318 g/mol. The van der Waals surface area contributed by atoms with Gasteiger partial charge in [0.05, 0.1) is 0 Å². The lowest BCUT2D eigenvalue weighted by atomic mass is 10.2. The molecule has 0 bridgehead atoms. The summed E-state index contributed by atoms with van der Waals surface area (Å²) in [4.78, 5) is 38.3. The fourth-order valence-electron chi connectivity index (χ4n) is 1.63. The molecule has 0 saturated heterocycles. The van der Waals surface area contributed by atoms with Crippen LogP contribution in [-0.4, -0.2) is 36.5 Å². The van der Waals surface area contributed by atoms with Gasteiger partial charge >= 0.3 is 12.0 Å². The van der Waals surface area contributed by atoms with Gasteiger partial charge in [-0.15, -0.1) is 11.3 Å². The van der Waals surface area contributed by atoms with E-state index in [4.69, 9.17) is 4.74 Å². The number of aromatic nitrogens is 1. The van der Waals surface area contributed by atoms with Gasteiger partial charge in [-0.05, 0) is 6.92 Å². The van der Waals surface area contributed by atoms with E-state index in [1.54, 1.807) is 5.38 Å². The van der Waals surface area contributed by atoms with Crippen molar-refractivity contribution in [2.24, 2.45) is 0 Å². The second-order valence-electron chi connectivity index (χ2n) is 4.61. The van der Waals surface area contributed by atoms with Crippen LogP contribution in [0.2, 0.25) is 0 Å². The number of amides is 3. The SMILES string of the molecule is CNC(=O)NC(=O)COC(=O)c1csc(-c2ccc(C)cc2)n1. The second-order valence-corrected chi connectivity index (χ2v) is 5.47. The number of benzene rings is 1. The van der Waals surface area contributed by atoms with Gasteiger partial charge in [0.15, 0.2) is 12.3 Å². The van der Waals surface area contributed by atoms with E-state index in [1.165, 1.54) is 18.4 Å². The maximum Gasteiger partial charge on any atom is 0.358 e. The number of rotatable bonds is 4. The molecule has 2 aromatic rings. The summed E-state index contributed by atoms with van der Waals surface area (Å²) >= 11 is 1.31. The Kier molecular flexibility index (Phi) is 5.42. The number of nitrogens with one attached hydrogen (secondary N) is 2. The van der Waals surface area contributed by atoms with Crippen LogP contribution >= 0.6 is 11.3 Å². The monoisotopic (exact) mass is 333 g/mol. The van der Waals surface area contributed by atoms with Gasteiger partial charge < -0.3 is 10.1 Å². The number of ether oxygens (including phenoxy) is 1. The smallest absolute Gasteiger partial charge is 0.358 e. The maximum atomic E-state index is 11.8. The number of carbonyl (C=O) groups is 3. The molecule has 2 rings (SSSR count). The quantitative estimate of drug-likeness (QED) is 0.831. The van der Waals surface area contributed by atoms with E-state index < -0.39 is 24.5 Å². The number of carbonyl (C=O) groups excluding carboxylic acids is 3. The first-order valence-corrected chi connectivity index (χ1v) is 7.59. The normalized spacial score (nSPS) is 10.0. The van der Waals surface area contributed by atoms with Crippen molar-refractivity contribution in [3.63, 3.8) is 0 Å². The van der Waals surface area contributed by atoms with Gasteiger partial charge in [0.25, 0.3) is 5.91 Å². The van der Waals surface area contributed by atoms with Gasteiger partial charge in [0.2, 0.25) is 0 Å². The first-order valence-electron chi connectivity index (χ1n) is 6.71.